The molecule has 2 aromatic rings. The minimum Gasteiger partial charge on any atom is -0.342 e. The highest BCUT2D eigenvalue weighted by Gasteiger charge is 2.35. The van der Waals surface area contributed by atoms with Gasteiger partial charge in [-0.2, -0.15) is 4.98 Å². The fourth-order valence-corrected chi connectivity index (χ4v) is 3.82. The summed E-state index contributed by atoms with van der Waals surface area (Å²) in [5.74, 6) is -0.324. The molecule has 0 unspecified atom stereocenters. The molecule has 1 atom stereocenters. The van der Waals surface area contributed by atoms with Gasteiger partial charge in [-0.25, -0.2) is 0 Å². The summed E-state index contributed by atoms with van der Waals surface area (Å²) >= 11 is 0. The Balaban J connectivity index is 1.62. The van der Waals surface area contributed by atoms with Crippen LogP contribution < -0.4 is 21.1 Å². The minimum absolute atomic E-state index is 0.0873. The molecule has 1 aromatic heterocycles. The van der Waals surface area contributed by atoms with E-state index >= 15 is 0 Å². The van der Waals surface area contributed by atoms with Crippen LogP contribution in [0.4, 0.5) is 17.5 Å². The SMILES string of the molecule is Cc1ccc(NC(=O)[C@@H]2CC(=O)Nc3nc(N4CCC(C)CC4)[nH]c(=O)c32)cc1. The van der Waals surface area contributed by atoms with Gasteiger partial charge >= 0.3 is 0 Å². The number of carbonyl (C=O) groups is 2. The van der Waals surface area contributed by atoms with Crippen LogP contribution in [0.15, 0.2) is 29.1 Å². The Bertz CT molecular complexity index is 990. The second-order valence-corrected chi connectivity index (χ2v) is 7.98. The van der Waals surface area contributed by atoms with E-state index < -0.39 is 11.8 Å². The number of aromatic nitrogens is 2. The Morgan fingerprint density at radius 3 is 2.55 bits per heavy atom. The Hall–Kier alpha value is -3.16. The summed E-state index contributed by atoms with van der Waals surface area (Å²) in [4.78, 5) is 47.3. The maximum atomic E-state index is 12.9. The number of aromatic amines is 1. The molecular formula is C21H25N5O3. The third-order valence-corrected chi connectivity index (χ3v) is 5.66. The number of piperidine rings is 1. The molecule has 0 saturated carbocycles. The molecule has 0 radical (unpaired) electrons. The zero-order chi connectivity index (χ0) is 20.5. The summed E-state index contributed by atoms with van der Waals surface area (Å²) in [6, 6.07) is 7.36. The molecule has 2 amide bonds. The largest absolute Gasteiger partial charge is 0.342 e. The third kappa shape index (κ3) is 4.01. The number of anilines is 3. The van der Waals surface area contributed by atoms with Crippen LogP contribution in [0, 0.1) is 12.8 Å². The number of carbonyl (C=O) groups excluding carboxylic acids is 2. The van der Waals surface area contributed by atoms with E-state index in [9.17, 15) is 14.4 Å². The number of H-pyrrole nitrogens is 1. The average molecular weight is 395 g/mol. The Labute approximate surface area is 168 Å². The van der Waals surface area contributed by atoms with E-state index in [4.69, 9.17) is 0 Å². The fourth-order valence-electron chi connectivity index (χ4n) is 3.82. The first kappa shape index (κ1) is 19.2. The van der Waals surface area contributed by atoms with Gasteiger partial charge in [-0.1, -0.05) is 24.6 Å². The molecule has 1 saturated heterocycles. The van der Waals surface area contributed by atoms with Gasteiger partial charge in [0.2, 0.25) is 17.8 Å². The highest BCUT2D eigenvalue weighted by Crippen LogP contribution is 2.31. The van der Waals surface area contributed by atoms with Crippen LogP contribution in [0.5, 0.6) is 0 Å². The number of hydrogen-bond acceptors (Lipinski definition) is 5. The van der Waals surface area contributed by atoms with Gasteiger partial charge in [0.05, 0.1) is 11.5 Å². The van der Waals surface area contributed by atoms with Crippen molar-refractivity contribution in [3.8, 4) is 0 Å². The van der Waals surface area contributed by atoms with E-state index in [1.165, 1.54) is 0 Å². The second kappa shape index (κ2) is 7.69. The fraction of sp³-hybridized carbons (Fsp3) is 0.429. The summed E-state index contributed by atoms with van der Waals surface area (Å²) in [5, 5.41) is 5.47. The van der Waals surface area contributed by atoms with Crippen LogP contribution in [0.3, 0.4) is 0 Å². The lowest BCUT2D eigenvalue weighted by molar-refractivity contribution is -0.123. The maximum absolute atomic E-state index is 12.9. The summed E-state index contributed by atoms with van der Waals surface area (Å²) < 4.78 is 0. The highest BCUT2D eigenvalue weighted by atomic mass is 16.2. The molecule has 3 heterocycles. The summed E-state index contributed by atoms with van der Waals surface area (Å²) in [6.45, 7) is 5.76. The Kier molecular flexibility index (Phi) is 5.08. The van der Waals surface area contributed by atoms with Crippen LogP contribution in [-0.4, -0.2) is 34.9 Å². The van der Waals surface area contributed by atoms with Gasteiger partial charge in [0, 0.05) is 25.2 Å². The normalized spacial score (nSPS) is 19.4. The van der Waals surface area contributed by atoms with Crippen LogP contribution in [0.1, 0.15) is 43.2 Å². The molecule has 1 aromatic carbocycles. The minimum atomic E-state index is -0.883. The lowest BCUT2D eigenvalue weighted by Crippen LogP contribution is -2.39. The molecule has 8 nitrogen and oxygen atoms in total. The smallest absolute Gasteiger partial charge is 0.258 e. The van der Waals surface area contributed by atoms with E-state index in [0.717, 1.165) is 31.5 Å². The highest BCUT2D eigenvalue weighted by molar-refractivity contribution is 6.04. The van der Waals surface area contributed by atoms with Crippen LogP contribution in [-0.2, 0) is 9.59 Å². The number of amides is 2. The Morgan fingerprint density at radius 1 is 1.17 bits per heavy atom. The van der Waals surface area contributed by atoms with Gasteiger partial charge in [0.25, 0.3) is 5.56 Å². The van der Waals surface area contributed by atoms with Gasteiger partial charge in [-0.15, -0.1) is 0 Å². The van der Waals surface area contributed by atoms with Crippen molar-refractivity contribution >= 4 is 29.3 Å². The van der Waals surface area contributed by atoms with Gasteiger partial charge in [-0.05, 0) is 37.8 Å². The predicted molar refractivity (Wildman–Crippen MR) is 111 cm³/mol. The van der Waals surface area contributed by atoms with Gasteiger partial charge < -0.3 is 15.5 Å². The first-order valence-electron chi connectivity index (χ1n) is 9.97. The topological polar surface area (TPSA) is 107 Å². The zero-order valence-electron chi connectivity index (χ0n) is 16.6. The van der Waals surface area contributed by atoms with E-state index in [1.807, 2.05) is 24.0 Å². The van der Waals surface area contributed by atoms with E-state index in [0.29, 0.717) is 17.6 Å². The molecule has 0 spiro atoms. The lowest BCUT2D eigenvalue weighted by Gasteiger charge is -2.31. The summed E-state index contributed by atoms with van der Waals surface area (Å²) in [5.41, 5.74) is 1.53. The molecular weight excluding hydrogens is 370 g/mol. The number of aryl methyl sites for hydroxylation is 1. The molecule has 3 N–H and O–H groups in total. The monoisotopic (exact) mass is 395 g/mol. The molecule has 2 aliphatic rings. The van der Waals surface area contributed by atoms with Crippen molar-refractivity contribution in [2.45, 2.75) is 39.0 Å². The first-order chi connectivity index (χ1) is 13.9. The molecule has 8 heteroatoms. The molecule has 4 rings (SSSR count). The maximum Gasteiger partial charge on any atom is 0.258 e. The van der Waals surface area contributed by atoms with Crippen LogP contribution >= 0.6 is 0 Å². The lowest BCUT2D eigenvalue weighted by atomic mass is 9.92. The molecule has 0 aliphatic carbocycles. The standard InChI is InChI=1S/C21H25N5O3/c1-12-3-5-14(6-4-12)22-19(28)15-11-16(27)23-18-17(15)20(29)25-21(24-18)26-9-7-13(2)8-10-26/h3-6,13,15H,7-11H2,1-2H3,(H,22,28)(H2,23,24,25,27,29)/t15-/m1/s1. The number of fused-ring (bicyclic) bond motifs is 1. The van der Waals surface area contributed by atoms with E-state index in [2.05, 4.69) is 27.5 Å². The number of hydrogen-bond donors (Lipinski definition) is 3. The Morgan fingerprint density at radius 2 is 1.86 bits per heavy atom. The third-order valence-electron chi connectivity index (χ3n) is 5.66. The number of benzene rings is 1. The van der Waals surface area contributed by atoms with E-state index in [-0.39, 0.29) is 29.3 Å². The number of nitrogens with zero attached hydrogens (tertiary/aromatic N) is 2. The van der Waals surface area contributed by atoms with Crippen molar-refractivity contribution in [1.29, 1.82) is 0 Å². The molecule has 2 aliphatic heterocycles. The molecule has 152 valence electrons. The quantitative estimate of drug-likeness (QED) is 0.740. The number of rotatable bonds is 3. The first-order valence-corrected chi connectivity index (χ1v) is 9.97. The molecule has 0 bridgehead atoms. The van der Waals surface area contributed by atoms with Gasteiger partial charge in [0.15, 0.2) is 0 Å². The van der Waals surface area contributed by atoms with Crippen molar-refractivity contribution in [3.05, 3.63) is 45.7 Å². The van der Waals surface area contributed by atoms with Crippen molar-refractivity contribution in [2.24, 2.45) is 5.92 Å². The van der Waals surface area contributed by atoms with Crippen LogP contribution in [0.25, 0.3) is 0 Å². The van der Waals surface area contributed by atoms with Gasteiger partial charge in [-0.3, -0.25) is 19.4 Å². The molecule has 1 fully saturated rings. The zero-order valence-corrected chi connectivity index (χ0v) is 16.6. The average Bonchev–Trinajstić information content (AvgIpc) is 2.69. The van der Waals surface area contributed by atoms with Gasteiger partial charge in [0.1, 0.15) is 5.82 Å². The second-order valence-electron chi connectivity index (χ2n) is 7.98. The summed E-state index contributed by atoms with van der Waals surface area (Å²) in [7, 11) is 0. The predicted octanol–water partition coefficient (Wildman–Crippen LogP) is 2.38. The van der Waals surface area contributed by atoms with Crippen molar-refractivity contribution in [3.63, 3.8) is 0 Å². The van der Waals surface area contributed by atoms with Crippen LogP contribution in [0.2, 0.25) is 0 Å². The summed E-state index contributed by atoms with van der Waals surface area (Å²) in [6.07, 6.45) is 1.96. The van der Waals surface area contributed by atoms with Crippen molar-refractivity contribution < 1.29 is 9.59 Å². The molecule has 29 heavy (non-hydrogen) atoms. The van der Waals surface area contributed by atoms with Crippen molar-refractivity contribution in [2.75, 3.05) is 28.6 Å². The number of nitrogens with one attached hydrogen (secondary N) is 3. The van der Waals surface area contributed by atoms with E-state index in [1.54, 1.807) is 12.1 Å². The van der Waals surface area contributed by atoms with Crippen molar-refractivity contribution in [1.82, 2.24) is 9.97 Å².